The van der Waals surface area contributed by atoms with Crippen molar-refractivity contribution in [3.05, 3.63) is 71.0 Å². The summed E-state index contributed by atoms with van der Waals surface area (Å²) in [6.07, 6.45) is 1.89. The Balaban J connectivity index is 1.52. The Kier molecular flexibility index (Phi) is 4.53. The Morgan fingerprint density at radius 1 is 1.04 bits per heavy atom. The van der Waals surface area contributed by atoms with Gasteiger partial charge in [-0.1, -0.05) is 50.6 Å². The molecule has 4 rings (SSSR count). The zero-order valence-electron chi connectivity index (χ0n) is 14.0. The number of ether oxygens (including phenoxy) is 1. The molecule has 0 amide bonds. The van der Waals surface area contributed by atoms with Crippen LogP contribution >= 0.6 is 15.9 Å². The fourth-order valence-corrected chi connectivity index (χ4v) is 2.86. The first-order valence-electron chi connectivity index (χ1n) is 7.97. The zero-order chi connectivity index (χ0) is 17.9. The highest BCUT2D eigenvalue weighted by Crippen LogP contribution is 2.24. The van der Waals surface area contributed by atoms with Crippen LogP contribution in [-0.4, -0.2) is 27.3 Å². The van der Waals surface area contributed by atoms with E-state index in [0.29, 0.717) is 12.3 Å². The average molecular weight is 411 g/mol. The fraction of sp³-hybridized carbons (Fsp3) is 0.105. The molecule has 26 heavy (non-hydrogen) atoms. The molecule has 2 aromatic carbocycles. The van der Waals surface area contributed by atoms with Gasteiger partial charge >= 0.3 is 0 Å². The van der Waals surface area contributed by atoms with Gasteiger partial charge in [-0.15, -0.1) is 5.10 Å². The molecular weight excluding hydrogens is 396 g/mol. The third kappa shape index (κ3) is 3.52. The molecule has 4 aromatic rings. The summed E-state index contributed by atoms with van der Waals surface area (Å²) in [6.45, 7) is 0.459. The van der Waals surface area contributed by atoms with Gasteiger partial charge in [0.1, 0.15) is 23.7 Å². The maximum atomic E-state index is 5.44. The minimum atomic E-state index is 0.459. The van der Waals surface area contributed by atoms with Crippen molar-refractivity contribution in [1.82, 2.24) is 20.2 Å². The number of hydrogen-bond donors (Lipinski definition) is 0. The Morgan fingerprint density at radius 2 is 1.88 bits per heavy atom. The molecule has 0 saturated heterocycles. The molecule has 0 radical (unpaired) electrons. The van der Waals surface area contributed by atoms with E-state index in [1.807, 2.05) is 60.8 Å². The molecule has 0 N–H and O–H groups in total. The Labute approximate surface area is 158 Å². The van der Waals surface area contributed by atoms with Crippen molar-refractivity contribution < 1.29 is 9.26 Å². The van der Waals surface area contributed by atoms with Crippen molar-refractivity contribution in [2.45, 2.75) is 6.54 Å². The van der Waals surface area contributed by atoms with E-state index in [2.05, 4.69) is 31.4 Å². The van der Waals surface area contributed by atoms with E-state index in [4.69, 9.17) is 9.26 Å². The van der Waals surface area contributed by atoms with Crippen LogP contribution in [0.15, 0.2) is 69.8 Å². The maximum absolute atomic E-state index is 5.44. The molecule has 0 aliphatic rings. The lowest BCUT2D eigenvalue weighted by molar-refractivity contribution is 0.371. The maximum Gasteiger partial charge on any atom is 0.158 e. The number of methoxy groups -OCH3 is 1. The van der Waals surface area contributed by atoms with Gasteiger partial charge in [0.2, 0.25) is 0 Å². The topological polar surface area (TPSA) is 66.0 Å². The van der Waals surface area contributed by atoms with Gasteiger partial charge in [-0.3, -0.25) is 0 Å². The van der Waals surface area contributed by atoms with Gasteiger partial charge in [0, 0.05) is 21.7 Å². The van der Waals surface area contributed by atoms with Crippen LogP contribution in [0.1, 0.15) is 5.76 Å². The van der Waals surface area contributed by atoms with E-state index < -0.39 is 0 Å². The first-order valence-corrected chi connectivity index (χ1v) is 8.77. The third-order valence-electron chi connectivity index (χ3n) is 3.92. The summed E-state index contributed by atoms with van der Waals surface area (Å²) in [5.41, 5.74) is 3.51. The summed E-state index contributed by atoms with van der Waals surface area (Å²) in [6, 6.07) is 17.5. The molecule has 0 aliphatic heterocycles. The van der Waals surface area contributed by atoms with Gasteiger partial charge in [0.15, 0.2) is 5.76 Å². The lowest BCUT2D eigenvalue weighted by Crippen LogP contribution is -1.98. The van der Waals surface area contributed by atoms with Crippen molar-refractivity contribution in [3.63, 3.8) is 0 Å². The van der Waals surface area contributed by atoms with Crippen molar-refractivity contribution in [2.75, 3.05) is 7.11 Å². The number of rotatable bonds is 5. The molecule has 130 valence electrons. The van der Waals surface area contributed by atoms with Crippen LogP contribution in [0.5, 0.6) is 5.75 Å². The van der Waals surface area contributed by atoms with E-state index in [1.54, 1.807) is 11.8 Å². The van der Waals surface area contributed by atoms with Gasteiger partial charge in [-0.25, -0.2) is 4.68 Å². The van der Waals surface area contributed by atoms with Gasteiger partial charge in [0.25, 0.3) is 0 Å². The molecule has 0 saturated carbocycles. The van der Waals surface area contributed by atoms with Gasteiger partial charge in [0.05, 0.1) is 13.3 Å². The predicted molar refractivity (Wildman–Crippen MR) is 101 cm³/mol. The highest BCUT2D eigenvalue weighted by molar-refractivity contribution is 9.10. The second-order valence-corrected chi connectivity index (χ2v) is 6.63. The molecular formula is C19H15BrN4O2. The molecule has 0 aliphatic carbocycles. The van der Waals surface area contributed by atoms with Crippen molar-refractivity contribution in [2.24, 2.45) is 0 Å². The third-order valence-corrected chi connectivity index (χ3v) is 4.45. The molecule has 2 heterocycles. The fourth-order valence-electron chi connectivity index (χ4n) is 2.59. The molecule has 0 bridgehead atoms. The second-order valence-electron chi connectivity index (χ2n) is 5.72. The predicted octanol–water partition coefficient (Wildman–Crippen LogP) is 4.42. The lowest BCUT2D eigenvalue weighted by atomic mass is 10.1. The second kappa shape index (κ2) is 7.13. The first kappa shape index (κ1) is 16.5. The van der Waals surface area contributed by atoms with E-state index in [9.17, 15) is 0 Å². The Bertz CT molecular complexity index is 1020. The normalized spacial score (nSPS) is 10.8. The minimum absolute atomic E-state index is 0.459. The quantitative estimate of drug-likeness (QED) is 0.487. The number of benzene rings is 2. The lowest BCUT2D eigenvalue weighted by Gasteiger charge is -2.00. The summed E-state index contributed by atoms with van der Waals surface area (Å²) in [4.78, 5) is 0. The van der Waals surface area contributed by atoms with Crippen LogP contribution in [0.2, 0.25) is 0 Å². The van der Waals surface area contributed by atoms with Gasteiger partial charge < -0.3 is 9.26 Å². The number of nitrogens with zero attached hydrogens (tertiary/aromatic N) is 4. The van der Waals surface area contributed by atoms with E-state index in [1.165, 1.54) is 0 Å². The Hall–Kier alpha value is -2.93. The smallest absolute Gasteiger partial charge is 0.158 e. The van der Waals surface area contributed by atoms with Gasteiger partial charge in [-0.2, -0.15) is 0 Å². The zero-order valence-corrected chi connectivity index (χ0v) is 15.5. The summed E-state index contributed by atoms with van der Waals surface area (Å²) in [5, 5.41) is 12.5. The minimum Gasteiger partial charge on any atom is -0.497 e. The molecule has 0 fully saturated rings. The average Bonchev–Trinajstić information content (AvgIpc) is 3.33. The highest BCUT2D eigenvalue weighted by atomic mass is 79.9. The Morgan fingerprint density at radius 3 is 2.69 bits per heavy atom. The van der Waals surface area contributed by atoms with Crippen LogP contribution in [0.25, 0.3) is 22.5 Å². The largest absolute Gasteiger partial charge is 0.497 e. The van der Waals surface area contributed by atoms with Crippen molar-refractivity contribution in [3.8, 4) is 28.3 Å². The number of aromatic nitrogens is 4. The van der Waals surface area contributed by atoms with Crippen LogP contribution in [0, 0.1) is 0 Å². The van der Waals surface area contributed by atoms with Crippen molar-refractivity contribution in [1.29, 1.82) is 0 Å². The van der Waals surface area contributed by atoms with Crippen LogP contribution in [0.4, 0.5) is 0 Å². The highest BCUT2D eigenvalue weighted by Gasteiger charge is 2.10. The summed E-state index contributed by atoms with van der Waals surface area (Å²) >= 11 is 3.43. The summed E-state index contributed by atoms with van der Waals surface area (Å²) in [7, 11) is 1.64. The van der Waals surface area contributed by atoms with Crippen molar-refractivity contribution >= 4 is 15.9 Å². The molecule has 7 heteroatoms. The van der Waals surface area contributed by atoms with E-state index in [-0.39, 0.29) is 0 Å². The number of hydrogen-bond acceptors (Lipinski definition) is 5. The van der Waals surface area contributed by atoms with E-state index >= 15 is 0 Å². The van der Waals surface area contributed by atoms with E-state index in [0.717, 1.165) is 32.7 Å². The number of halogens is 1. The van der Waals surface area contributed by atoms with Crippen LogP contribution in [-0.2, 0) is 6.54 Å². The SMILES string of the molecule is COc1cccc(-c2cc(Cn3cc(-c4ccc(Br)cc4)nn3)on2)c1. The standard InChI is InChI=1S/C19H15BrN4O2/c1-25-16-4-2-3-14(9-16)18-10-17(26-22-18)11-24-12-19(21-23-24)13-5-7-15(20)8-6-13/h2-10,12H,11H2,1H3. The van der Waals surface area contributed by atoms with Crippen LogP contribution < -0.4 is 4.74 Å². The molecule has 0 unspecified atom stereocenters. The summed E-state index contributed by atoms with van der Waals surface area (Å²) < 4.78 is 13.4. The van der Waals surface area contributed by atoms with Gasteiger partial charge in [-0.05, 0) is 24.3 Å². The molecule has 0 spiro atoms. The van der Waals surface area contributed by atoms with Crippen LogP contribution in [0.3, 0.4) is 0 Å². The first-order chi connectivity index (χ1) is 12.7. The molecule has 6 nitrogen and oxygen atoms in total. The molecule has 0 atom stereocenters. The summed E-state index contributed by atoms with van der Waals surface area (Å²) in [5.74, 6) is 1.48. The molecule has 2 aromatic heterocycles. The monoisotopic (exact) mass is 410 g/mol.